The van der Waals surface area contributed by atoms with Crippen LogP contribution in [0.1, 0.15) is 22.9 Å². The van der Waals surface area contributed by atoms with Crippen LogP contribution in [0, 0.1) is 5.92 Å². The fourth-order valence-corrected chi connectivity index (χ4v) is 5.27. The molecule has 0 aliphatic carbocycles. The fraction of sp³-hybridized carbons (Fsp3) is 0.250. The van der Waals surface area contributed by atoms with Gasteiger partial charge in [0.25, 0.3) is 0 Å². The van der Waals surface area contributed by atoms with Gasteiger partial charge in [0.05, 0.1) is 17.5 Å². The first-order chi connectivity index (χ1) is 17.9. The Labute approximate surface area is 217 Å². The molecule has 1 aliphatic rings. The number of hydrogen-bond acceptors (Lipinski definition) is 9. The number of thioether (sulfide) groups is 1. The van der Waals surface area contributed by atoms with Gasteiger partial charge >= 0.3 is 19.7 Å². The second-order valence-corrected chi connectivity index (χ2v) is 9.34. The molecule has 11 nitrogen and oxygen atoms in total. The molecule has 4 rings (SSSR count). The summed E-state index contributed by atoms with van der Waals surface area (Å²) in [4.78, 5) is 51.8. The molecule has 3 aromatic rings. The Morgan fingerprint density at radius 1 is 1.14 bits per heavy atom. The molecule has 2 heterocycles. The second kappa shape index (κ2) is 11.8. The molecule has 188 valence electrons. The van der Waals surface area contributed by atoms with Crippen LogP contribution < -0.4 is 5.69 Å². The lowest BCUT2D eigenvalue weighted by atomic mass is 9.91. The number of likely N-dealkylation sites (tertiary alicyclic amines) is 1. The van der Waals surface area contributed by atoms with E-state index in [2.05, 4.69) is 14.9 Å². The summed E-state index contributed by atoms with van der Waals surface area (Å²) in [5.74, 6) is -2.43. The van der Waals surface area contributed by atoms with Crippen LogP contribution >= 0.6 is 11.8 Å². The van der Waals surface area contributed by atoms with Gasteiger partial charge in [-0.1, -0.05) is 72.4 Å². The Hall–Kier alpha value is -3.97. The van der Waals surface area contributed by atoms with E-state index >= 15 is 0 Å². The van der Waals surface area contributed by atoms with E-state index < -0.39 is 41.0 Å². The van der Waals surface area contributed by atoms with Gasteiger partial charge in [0.15, 0.2) is 0 Å². The lowest BCUT2D eigenvalue weighted by Gasteiger charge is -2.46. The molecule has 13 heteroatoms. The van der Waals surface area contributed by atoms with Crippen molar-refractivity contribution in [1.29, 1.82) is 0 Å². The summed E-state index contributed by atoms with van der Waals surface area (Å²) in [6.07, 6.45) is 2.61. The average Bonchev–Trinajstić information content (AvgIpc) is 3.28. The highest BCUT2D eigenvalue weighted by atomic mass is 32.2. The van der Waals surface area contributed by atoms with Crippen molar-refractivity contribution in [3.63, 3.8) is 0 Å². The smallest absolute Gasteiger partial charge is 0.378 e. The summed E-state index contributed by atoms with van der Waals surface area (Å²) in [6.45, 7) is -0.630. The average molecular weight is 519 g/mol. The number of aliphatic hydroxyl groups excluding tert-OH is 1. The third-order valence-electron chi connectivity index (χ3n) is 5.71. The molecular weight excluding hydrogens is 497 g/mol. The number of β-lactam (4-membered cyclic amide) rings is 1. The summed E-state index contributed by atoms with van der Waals surface area (Å²) in [5, 5.41) is 15.5. The van der Waals surface area contributed by atoms with Gasteiger partial charge in [0.2, 0.25) is 11.3 Å². The molecule has 0 bridgehead atoms. The van der Waals surface area contributed by atoms with Gasteiger partial charge in [0, 0.05) is 12.8 Å². The number of hydrogen-bond donors (Lipinski definition) is 1. The van der Waals surface area contributed by atoms with E-state index in [4.69, 9.17) is 8.05 Å². The van der Waals surface area contributed by atoms with Crippen LogP contribution in [0.2, 0.25) is 0 Å². The molecule has 1 fully saturated rings. The van der Waals surface area contributed by atoms with E-state index in [1.54, 1.807) is 12.1 Å². The number of amides is 1. The van der Waals surface area contributed by atoms with Crippen molar-refractivity contribution < 1.29 is 24.1 Å². The highest BCUT2D eigenvalue weighted by molar-refractivity contribution is 8.00. The van der Waals surface area contributed by atoms with Crippen LogP contribution in [0.5, 0.6) is 0 Å². The van der Waals surface area contributed by atoms with Crippen LogP contribution in [0.3, 0.4) is 0 Å². The normalized spacial score (nSPS) is 18.0. The van der Waals surface area contributed by atoms with Crippen molar-refractivity contribution in [3.8, 4) is 0 Å². The van der Waals surface area contributed by atoms with Crippen molar-refractivity contribution in [2.75, 3.05) is 6.73 Å². The number of rotatable bonds is 11. The number of carbonyl (C=O) groups excluding carboxylic acids is 3. The maximum Gasteiger partial charge on any atom is 0.378 e. The van der Waals surface area contributed by atoms with E-state index in [9.17, 15) is 24.3 Å². The molecule has 2 radical (unpaired) electrons. The Bertz CT molecular complexity index is 1350. The molecule has 2 aromatic carbocycles. The predicted octanol–water partition coefficient (Wildman–Crippen LogP) is 0.722. The van der Waals surface area contributed by atoms with Crippen LogP contribution in [-0.2, 0) is 25.5 Å². The zero-order chi connectivity index (χ0) is 26.4. The summed E-state index contributed by atoms with van der Waals surface area (Å²) in [5.41, 5.74) is 0.789. The van der Waals surface area contributed by atoms with Crippen LogP contribution in [-0.4, -0.2) is 68.5 Å². The van der Waals surface area contributed by atoms with Gasteiger partial charge in [-0.25, -0.2) is 4.79 Å². The van der Waals surface area contributed by atoms with Crippen molar-refractivity contribution >= 4 is 43.7 Å². The van der Waals surface area contributed by atoms with Crippen molar-refractivity contribution in [1.82, 2.24) is 19.4 Å². The van der Waals surface area contributed by atoms with Crippen LogP contribution in [0.15, 0.2) is 76.9 Å². The Morgan fingerprint density at radius 2 is 1.81 bits per heavy atom. The number of nitrogens with zero attached hydrogens (tertiary/aromatic N) is 5. The van der Waals surface area contributed by atoms with Gasteiger partial charge in [-0.15, -0.1) is 0 Å². The van der Waals surface area contributed by atoms with Gasteiger partial charge < -0.3 is 14.7 Å². The van der Waals surface area contributed by atoms with E-state index in [1.807, 2.05) is 48.5 Å². The zero-order valence-electron chi connectivity index (χ0n) is 19.5. The Kier molecular flexibility index (Phi) is 8.36. The molecule has 1 saturated heterocycles. The molecule has 0 saturated carbocycles. The summed E-state index contributed by atoms with van der Waals surface area (Å²) < 4.78 is 6.14. The maximum absolute atomic E-state index is 12.9. The quantitative estimate of drug-likeness (QED) is 0.223. The molecule has 1 amide bonds. The van der Waals surface area contributed by atoms with E-state index in [1.165, 1.54) is 6.21 Å². The highest BCUT2D eigenvalue weighted by Crippen LogP contribution is 2.42. The Balaban J connectivity index is 1.52. The number of aliphatic hydroxyl groups is 1. The number of carbonyl (C=O) groups is 3. The molecule has 0 spiro atoms. The Morgan fingerprint density at radius 3 is 2.46 bits per heavy atom. The number of benzene rings is 2. The molecule has 2 unspecified atom stereocenters. The first-order valence-corrected chi connectivity index (χ1v) is 12.2. The minimum absolute atomic E-state index is 0.100. The first-order valence-electron chi connectivity index (χ1n) is 11.2. The van der Waals surface area contributed by atoms with Gasteiger partial charge in [-0.3, -0.25) is 14.4 Å². The summed E-state index contributed by atoms with van der Waals surface area (Å²) >= 11 is 0.826. The number of Topliss-reactive ketones (excluding diaryl/α,β-unsaturated/α-hetero) is 1. The first kappa shape index (κ1) is 26.1. The SMILES string of the molecule is [B]OC(=O)C(S[C@@H]1C(CC(=O)Cc2ccccc2)C(=O)N1CO)n1ncn(/N=C/c2ccccc2)c1=O. The third-order valence-corrected chi connectivity index (χ3v) is 7.22. The standard InChI is InChI=1S/C24H22BN5O6S/c25-36-23(34)22(30-24(35)29(14-27-30)26-13-17-9-5-2-6-10-17)37-21-19(20(33)28(21)15-31)12-18(32)11-16-7-3-1-4-8-16/h1-10,13-14,19,21-22,31H,11-12,15H2/b26-13+/t19?,21-,22?/m1/s1. The predicted molar refractivity (Wildman–Crippen MR) is 135 cm³/mol. The van der Waals surface area contributed by atoms with Crippen molar-refractivity contribution in [2.24, 2.45) is 11.0 Å². The third kappa shape index (κ3) is 5.89. The molecule has 1 N–H and O–H groups in total. The monoisotopic (exact) mass is 519 g/mol. The van der Waals surface area contributed by atoms with E-state index in [0.717, 1.165) is 43.5 Å². The van der Waals surface area contributed by atoms with E-state index in [-0.39, 0.29) is 18.6 Å². The van der Waals surface area contributed by atoms with Crippen molar-refractivity contribution in [3.05, 3.63) is 88.6 Å². The van der Waals surface area contributed by atoms with Gasteiger partial charge in [-0.2, -0.15) is 19.6 Å². The van der Waals surface area contributed by atoms with Gasteiger partial charge in [0.1, 0.15) is 18.8 Å². The van der Waals surface area contributed by atoms with Crippen molar-refractivity contribution in [2.45, 2.75) is 23.6 Å². The summed E-state index contributed by atoms with van der Waals surface area (Å²) in [7, 11) is 5.11. The lowest BCUT2D eigenvalue weighted by molar-refractivity contribution is -0.158. The number of ketones is 1. The number of aromatic nitrogens is 3. The summed E-state index contributed by atoms with van der Waals surface area (Å²) in [6, 6.07) is 18.1. The van der Waals surface area contributed by atoms with Gasteiger partial charge in [-0.05, 0) is 11.1 Å². The van der Waals surface area contributed by atoms with Crippen LogP contribution in [0.4, 0.5) is 0 Å². The largest absolute Gasteiger partial charge is 0.541 e. The molecule has 37 heavy (non-hydrogen) atoms. The fourth-order valence-electron chi connectivity index (χ4n) is 3.86. The molecule has 1 aromatic heterocycles. The minimum atomic E-state index is -1.40. The molecule has 3 atom stereocenters. The minimum Gasteiger partial charge on any atom is -0.541 e. The topological polar surface area (TPSA) is 136 Å². The highest BCUT2D eigenvalue weighted by Gasteiger charge is 2.50. The second-order valence-electron chi connectivity index (χ2n) is 8.13. The van der Waals surface area contributed by atoms with E-state index in [0.29, 0.717) is 0 Å². The molecular formula is C24H22BN5O6S. The maximum atomic E-state index is 12.9. The molecule has 1 aliphatic heterocycles. The van der Waals surface area contributed by atoms with Crippen LogP contribution in [0.25, 0.3) is 0 Å². The zero-order valence-corrected chi connectivity index (χ0v) is 20.3. The lowest BCUT2D eigenvalue weighted by Crippen LogP contribution is -2.60.